The molecule has 1 atom stereocenters. The molecule has 1 aliphatic heterocycles. The molecule has 0 amide bonds. The van der Waals surface area contributed by atoms with Crippen LogP contribution in [-0.4, -0.2) is 30.6 Å². The largest absolute Gasteiger partial charge is 0.391 e. The van der Waals surface area contributed by atoms with E-state index in [2.05, 4.69) is 0 Å². The lowest BCUT2D eigenvalue weighted by molar-refractivity contribution is 0.112. The Morgan fingerprint density at radius 1 is 1.38 bits per heavy atom. The predicted molar refractivity (Wildman–Crippen MR) is 54.6 cm³/mol. The molecule has 1 heterocycles. The van der Waals surface area contributed by atoms with Gasteiger partial charge in [0.2, 0.25) is 0 Å². The molecule has 0 aliphatic carbocycles. The summed E-state index contributed by atoms with van der Waals surface area (Å²) in [6, 6.07) is 1.99. The maximum atomic E-state index is 13.6. The average molecular weight is 227 g/mol. The maximum absolute atomic E-state index is 13.6. The predicted octanol–water partition coefficient (Wildman–Crippen LogP) is 1.35. The molecule has 0 spiro atoms. The molecule has 0 bridgehead atoms. The summed E-state index contributed by atoms with van der Waals surface area (Å²) in [5.74, 6) is -1.53. The Labute approximate surface area is 91.3 Å². The molecule has 2 rings (SSSR count). The highest BCUT2D eigenvalue weighted by Crippen LogP contribution is 2.27. The van der Waals surface area contributed by atoms with Crippen LogP contribution >= 0.6 is 0 Å². The van der Waals surface area contributed by atoms with Gasteiger partial charge in [-0.2, -0.15) is 0 Å². The van der Waals surface area contributed by atoms with Crippen molar-refractivity contribution in [1.82, 2.24) is 0 Å². The van der Waals surface area contributed by atoms with Crippen LogP contribution in [0.15, 0.2) is 12.1 Å². The number of hydrogen-bond donors (Lipinski definition) is 1. The lowest BCUT2D eigenvalue weighted by Gasteiger charge is -2.19. The van der Waals surface area contributed by atoms with Gasteiger partial charge in [-0.15, -0.1) is 0 Å². The van der Waals surface area contributed by atoms with Crippen LogP contribution in [0, 0.1) is 11.6 Å². The van der Waals surface area contributed by atoms with Crippen molar-refractivity contribution >= 4 is 12.0 Å². The number of hydrogen-bond acceptors (Lipinski definition) is 3. The third-order valence-corrected chi connectivity index (χ3v) is 2.65. The normalized spacial score (nSPS) is 20.2. The van der Waals surface area contributed by atoms with Crippen LogP contribution in [-0.2, 0) is 0 Å². The van der Waals surface area contributed by atoms with Gasteiger partial charge in [-0.05, 0) is 18.6 Å². The van der Waals surface area contributed by atoms with E-state index < -0.39 is 17.7 Å². The van der Waals surface area contributed by atoms with Crippen molar-refractivity contribution in [3.05, 3.63) is 29.3 Å². The number of aliphatic hydroxyl groups excluding tert-OH is 1. The van der Waals surface area contributed by atoms with Gasteiger partial charge in [0.1, 0.15) is 23.6 Å². The number of benzene rings is 1. The van der Waals surface area contributed by atoms with Gasteiger partial charge in [0, 0.05) is 18.7 Å². The third kappa shape index (κ3) is 1.90. The number of rotatable bonds is 2. The Morgan fingerprint density at radius 3 is 2.44 bits per heavy atom. The number of aldehydes is 1. The Bertz CT molecular complexity index is 399. The van der Waals surface area contributed by atoms with E-state index in [0.29, 0.717) is 19.3 Å². The molecule has 1 aliphatic rings. The number of halogens is 2. The van der Waals surface area contributed by atoms with E-state index in [0.717, 1.165) is 12.1 Å². The minimum Gasteiger partial charge on any atom is -0.391 e. The SMILES string of the molecule is O=Cc1cc(F)c(N2CCC(O)C2)c(F)c1. The van der Waals surface area contributed by atoms with Gasteiger partial charge < -0.3 is 10.0 Å². The summed E-state index contributed by atoms with van der Waals surface area (Å²) in [4.78, 5) is 11.9. The molecule has 3 nitrogen and oxygen atoms in total. The first-order valence-electron chi connectivity index (χ1n) is 4.99. The molecule has 0 saturated carbocycles. The molecule has 1 N–H and O–H groups in total. The van der Waals surface area contributed by atoms with Crippen molar-refractivity contribution in [2.24, 2.45) is 0 Å². The summed E-state index contributed by atoms with van der Waals surface area (Å²) in [7, 11) is 0. The molecule has 1 unspecified atom stereocenters. The Kier molecular flexibility index (Phi) is 2.87. The van der Waals surface area contributed by atoms with Crippen LogP contribution in [0.2, 0.25) is 0 Å². The fraction of sp³-hybridized carbons (Fsp3) is 0.364. The summed E-state index contributed by atoms with van der Waals surface area (Å²) in [5.41, 5.74) is -0.194. The highest BCUT2D eigenvalue weighted by Gasteiger charge is 2.25. The molecule has 0 aromatic heterocycles. The van der Waals surface area contributed by atoms with E-state index in [9.17, 15) is 18.7 Å². The number of nitrogens with zero attached hydrogens (tertiary/aromatic N) is 1. The zero-order chi connectivity index (χ0) is 11.7. The van der Waals surface area contributed by atoms with Crippen LogP contribution in [0.25, 0.3) is 0 Å². The number of carbonyl (C=O) groups excluding carboxylic acids is 1. The highest BCUT2D eigenvalue weighted by molar-refractivity contribution is 5.76. The first kappa shape index (κ1) is 11.0. The van der Waals surface area contributed by atoms with E-state index in [1.165, 1.54) is 4.90 Å². The van der Waals surface area contributed by atoms with Gasteiger partial charge >= 0.3 is 0 Å². The van der Waals surface area contributed by atoms with E-state index in [-0.39, 0.29) is 17.8 Å². The van der Waals surface area contributed by atoms with Crippen LogP contribution in [0.3, 0.4) is 0 Å². The molecule has 1 aromatic carbocycles. The zero-order valence-electron chi connectivity index (χ0n) is 8.49. The molecule has 16 heavy (non-hydrogen) atoms. The van der Waals surface area contributed by atoms with Crippen molar-refractivity contribution in [2.45, 2.75) is 12.5 Å². The molecular formula is C11H11F2NO2. The number of carbonyl (C=O) groups is 1. The van der Waals surface area contributed by atoms with Crippen LogP contribution in [0.1, 0.15) is 16.8 Å². The standard InChI is InChI=1S/C11H11F2NO2/c12-9-3-7(6-15)4-10(13)11(9)14-2-1-8(16)5-14/h3-4,6,8,16H,1-2,5H2. The van der Waals surface area contributed by atoms with Crippen molar-refractivity contribution in [2.75, 3.05) is 18.0 Å². The monoisotopic (exact) mass is 227 g/mol. The molecule has 1 saturated heterocycles. The molecular weight excluding hydrogens is 216 g/mol. The van der Waals surface area contributed by atoms with E-state index in [1.54, 1.807) is 0 Å². The second-order valence-corrected chi connectivity index (χ2v) is 3.84. The van der Waals surface area contributed by atoms with Crippen LogP contribution < -0.4 is 4.90 Å². The number of anilines is 1. The van der Waals surface area contributed by atoms with Crippen molar-refractivity contribution in [3.8, 4) is 0 Å². The topological polar surface area (TPSA) is 40.5 Å². The smallest absolute Gasteiger partial charge is 0.150 e. The second kappa shape index (κ2) is 4.17. The van der Waals surface area contributed by atoms with Gasteiger partial charge in [0.25, 0.3) is 0 Å². The zero-order valence-corrected chi connectivity index (χ0v) is 8.49. The Morgan fingerprint density at radius 2 is 2.00 bits per heavy atom. The maximum Gasteiger partial charge on any atom is 0.150 e. The third-order valence-electron chi connectivity index (χ3n) is 2.65. The van der Waals surface area contributed by atoms with Crippen molar-refractivity contribution in [3.63, 3.8) is 0 Å². The second-order valence-electron chi connectivity index (χ2n) is 3.84. The lowest BCUT2D eigenvalue weighted by atomic mass is 10.2. The lowest BCUT2D eigenvalue weighted by Crippen LogP contribution is -2.23. The summed E-state index contributed by atoms with van der Waals surface area (Å²) in [6.07, 6.45) is 0.341. The number of aliphatic hydroxyl groups is 1. The van der Waals surface area contributed by atoms with Gasteiger partial charge in [-0.3, -0.25) is 4.79 Å². The minimum absolute atomic E-state index is 0.0292. The molecule has 1 aromatic rings. The average Bonchev–Trinajstić information content (AvgIpc) is 2.63. The minimum atomic E-state index is -0.767. The molecule has 86 valence electrons. The van der Waals surface area contributed by atoms with E-state index in [1.807, 2.05) is 0 Å². The first-order chi connectivity index (χ1) is 7.61. The highest BCUT2D eigenvalue weighted by atomic mass is 19.1. The van der Waals surface area contributed by atoms with Gasteiger partial charge in [-0.1, -0.05) is 0 Å². The van der Waals surface area contributed by atoms with Gasteiger partial charge in [0.15, 0.2) is 0 Å². The first-order valence-corrected chi connectivity index (χ1v) is 4.99. The van der Waals surface area contributed by atoms with Gasteiger partial charge in [-0.25, -0.2) is 8.78 Å². The summed E-state index contributed by atoms with van der Waals surface area (Å²) >= 11 is 0. The number of β-amino-alcohol motifs (C(OH)–C–C–N with tert-alkyl or cyclic N) is 1. The van der Waals surface area contributed by atoms with Crippen molar-refractivity contribution in [1.29, 1.82) is 0 Å². The molecule has 5 heteroatoms. The van der Waals surface area contributed by atoms with Crippen LogP contribution in [0.5, 0.6) is 0 Å². The summed E-state index contributed by atoms with van der Waals surface area (Å²) < 4.78 is 27.1. The fourth-order valence-electron chi connectivity index (χ4n) is 1.90. The van der Waals surface area contributed by atoms with Crippen molar-refractivity contribution < 1.29 is 18.7 Å². The molecule has 1 fully saturated rings. The molecule has 0 radical (unpaired) electrons. The quantitative estimate of drug-likeness (QED) is 0.775. The summed E-state index contributed by atoms with van der Waals surface area (Å²) in [6.45, 7) is 0.629. The fourth-order valence-corrected chi connectivity index (χ4v) is 1.90. The van der Waals surface area contributed by atoms with Crippen LogP contribution in [0.4, 0.5) is 14.5 Å². The van der Waals surface area contributed by atoms with Gasteiger partial charge in [0.05, 0.1) is 6.10 Å². The Hall–Kier alpha value is -1.49. The Balaban J connectivity index is 2.37. The van der Waals surface area contributed by atoms with E-state index in [4.69, 9.17) is 0 Å². The summed E-state index contributed by atoms with van der Waals surface area (Å²) in [5, 5.41) is 9.30. The van der Waals surface area contributed by atoms with E-state index >= 15 is 0 Å².